The number of rotatable bonds is 7. The maximum atomic E-state index is 12.1. The lowest BCUT2D eigenvalue weighted by molar-refractivity contribution is -0.129. The van der Waals surface area contributed by atoms with Crippen molar-refractivity contribution in [3.63, 3.8) is 0 Å². The second-order valence-corrected chi connectivity index (χ2v) is 8.02. The van der Waals surface area contributed by atoms with Crippen molar-refractivity contribution in [3.05, 3.63) is 35.4 Å². The Labute approximate surface area is 142 Å². The van der Waals surface area contributed by atoms with Crippen LogP contribution in [0.5, 0.6) is 0 Å². The number of nitrogens with one attached hydrogen (secondary N) is 2. The van der Waals surface area contributed by atoms with Crippen LogP contribution in [0.25, 0.3) is 0 Å². The second kappa shape index (κ2) is 7.76. The van der Waals surface area contributed by atoms with Gasteiger partial charge in [0.1, 0.15) is 0 Å². The van der Waals surface area contributed by atoms with Gasteiger partial charge in [-0.05, 0) is 19.5 Å². The highest BCUT2D eigenvalue weighted by atomic mass is 32.2. The van der Waals surface area contributed by atoms with Crippen molar-refractivity contribution >= 4 is 21.8 Å². The molecule has 0 spiro atoms. The van der Waals surface area contributed by atoms with Crippen molar-refractivity contribution in [1.29, 1.82) is 0 Å². The Balaban J connectivity index is 1.84. The van der Waals surface area contributed by atoms with Crippen LogP contribution >= 0.6 is 0 Å². The molecule has 1 aliphatic rings. The highest BCUT2D eigenvalue weighted by Gasteiger charge is 2.34. The SMILES string of the molecule is CNS(=O)(=O)CCNC(=O)[C@H]1CC(=O)N(Cc2ccc(C)cc2)C1. The fourth-order valence-electron chi connectivity index (χ4n) is 2.57. The molecule has 7 nitrogen and oxygen atoms in total. The van der Waals surface area contributed by atoms with Crippen LogP contribution in [0.3, 0.4) is 0 Å². The molecule has 0 radical (unpaired) electrons. The third-order valence-electron chi connectivity index (χ3n) is 4.06. The Hall–Kier alpha value is -1.93. The summed E-state index contributed by atoms with van der Waals surface area (Å²) in [5.74, 6) is -0.942. The molecule has 0 aliphatic carbocycles. The lowest BCUT2D eigenvalue weighted by Gasteiger charge is -2.17. The molecule has 24 heavy (non-hydrogen) atoms. The van der Waals surface area contributed by atoms with Crippen molar-refractivity contribution in [2.45, 2.75) is 19.9 Å². The summed E-state index contributed by atoms with van der Waals surface area (Å²) < 4.78 is 24.8. The van der Waals surface area contributed by atoms with Gasteiger partial charge in [0.25, 0.3) is 0 Å². The van der Waals surface area contributed by atoms with Crippen LogP contribution in [0.1, 0.15) is 17.5 Å². The summed E-state index contributed by atoms with van der Waals surface area (Å²) in [6.07, 6.45) is 0.163. The first kappa shape index (κ1) is 18.4. The summed E-state index contributed by atoms with van der Waals surface area (Å²) in [6, 6.07) is 7.92. The molecule has 132 valence electrons. The number of nitrogens with zero attached hydrogens (tertiary/aromatic N) is 1. The van der Waals surface area contributed by atoms with Crippen LogP contribution in [-0.2, 0) is 26.2 Å². The first-order valence-electron chi connectivity index (χ1n) is 7.83. The molecule has 1 aromatic rings. The standard InChI is InChI=1S/C16H23N3O4S/c1-12-3-5-13(6-4-12)10-19-11-14(9-15(19)20)16(21)18-7-8-24(22,23)17-2/h3-6,14,17H,7-11H2,1-2H3,(H,18,21)/t14-/m0/s1. The average Bonchev–Trinajstić information content (AvgIpc) is 2.90. The monoisotopic (exact) mass is 353 g/mol. The van der Waals surface area contributed by atoms with Gasteiger partial charge in [0.05, 0.1) is 11.7 Å². The zero-order valence-corrected chi connectivity index (χ0v) is 14.7. The van der Waals surface area contributed by atoms with Crippen LogP contribution in [-0.4, -0.2) is 51.0 Å². The molecule has 2 rings (SSSR count). The zero-order valence-electron chi connectivity index (χ0n) is 13.9. The lowest BCUT2D eigenvalue weighted by atomic mass is 10.1. The Bertz CT molecular complexity index is 701. The van der Waals surface area contributed by atoms with E-state index in [4.69, 9.17) is 0 Å². The highest BCUT2D eigenvalue weighted by molar-refractivity contribution is 7.89. The van der Waals surface area contributed by atoms with Gasteiger partial charge in [0, 0.05) is 26.1 Å². The first-order chi connectivity index (χ1) is 11.3. The number of carbonyl (C=O) groups is 2. The fourth-order valence-corrected chi connectivity index (χ4v) is 3.14. The van der Waals surface area contributed by atoms with Gasteiger partial charge in [0.2, 0.25) is 21.8 Å². The first-order valence-corrected chi connectivity index (χ1v) is 9.48. The molecule has 2 amide bonds. The fraction of sp³-hybridized carbons (Fsp3) is 0.500. The molecule has 1 fully saturated rings. The Morgan fingerprint density at radius 2 is 1.96 bits per heavy atom. The number of hydrogen-bond acceptors (Lipinski definition) is 4. The predicted molar refractivity (Wildman–Crippen MR) is 90.6 cm³/mol. The van der Waals surface area contributed by atoms with E-state index in [0.717, 1.165) is 11.1 Å². The molecular formula is C16H23N3O4S. The molecule has 0 bridgehead atoms. The Morgan fingerprint density at radius 1 is 1.29 bits per heavy atom. The van der Waals surface area contributed by atoms with E-state index in [1.54, 1.807) is 4.90 Å². The van der Waals surface area contributed by atoms with Gasteiger partial charge in [-0.25, -0.2) is 13.1 Å². The minimum Gasteiger partial charge on any atom is -0.355 e. The summed E-state index contributed by atoms with van der Waals surface area (Å²) in [4.78, 5) is 25.8. The zero-order chi connectivity index (χ0) is 17.7. The van der Waals surface area contributed by atoms with Gasteiger partial charge < -0.3 is 10.2 Å². The molecule has 1 saturated heterocycles. The molecule has 0 unspecified atom stereocenters. The van der Waals surface area contributed by atoms with E-state index in [1.165, 1.54) is 7.05 Å². The summed E-state index contributed by atoms with van der Waals surface area (Å²) in [6.45, 7) is 2.87. The van der Waals surface area contributed by atoms with Gasteiger partial charge in [0.15, 0.2) is 0 Å². The molecule has 0 aromatic heterocycles. The van der Waals surface area contributed by atoms with E-state index in [-0.39, 0.29) is 30.5 Å². The van der Waals surface area contributed by atoms with Crippen LogP contribution in [0.15, 0.2) is 24.3 Å². The number of hydrogen-bond donors (Lipinski definition) is 2. The maximum absolute atomic E-state index is 12.1. The molecule has 2 N–H and O–H groups in total. The second-order valence-electron chi connectivity index (χ2n) is 5.97. The number of likely N-dealkylation sites (tertiary alicyclic amines) is 1. The molecule has 0 saturated carbocycles. The third kappa shape index (κ3) is 5.04. The van der Waals surface area contributed by atoms with E-state index in [9.17, 15) is 18.0 Å². The van der Waals surface area contributed by atoms with Crippen molar-refractivity contribution in [3.8, 4) is 0 Å². The quantitative estimate of drug-likeness (QED) is 0.722. The molecule has 8 heteroatoms. The topological polar surface area (TPSA) is 95.6 Å². The van der Waals surface area contributed by atoms with Crippen LogP contribution in [0, 0.1) is 12.8 Å². The van der Waals surface area contributed by atoms with E-state index < -0.39 is 15.9 Å². The van der Waals surface area contributed by atoms with Gasteiger partial charge in [-0.1, -0.05) is 29.8 Å². The third-order valence-corrected chi connectivity index (χ3v) is 5.42. The average molecular weight is 353 g/mol. The van der Waals surface area contributed by atoms with Crippen molar-refractivity contribution in [1.82, 2.24) is 14.9 Å². The van der Waals surface area contributed by atoms with Crippen molar-refractivity contribution in [2.24, 2.45) is 5.92 Å². The van der Waals surface area contributed by atoms with Gasteiger partial charge in [-0.15, -0.1) is 0 Å². The summed E-state index contributed by atoms with van der Waals surface area (Å²) in [5, 5.41) is 2.59. The smallest absolute Gasteiger partial charge is 0.225 e. The number of carbonyl (C=O) groups excluding carboxylic acids is 2. The maximum Gasteiger partial charge on any atom is 0.225 e. The summed E-state index contributed by atoms with van der Waals surface area (Å²) in [5.41, 5.74) is 2.18. The molecule has 1 atom stereocenters. The normalized spacial score (nSPS) is 18.0. The minimum atomic E-state index is -3.35. The number of amides is 2. The molecule has 1 heterocycles. The molecule has 1 aliphatic heterocycles. The predicted octanol–water partition coefficient (Wildman–Crippen LogP) is 0.00892. The van der Waals surface area contributed by atoms with E-state index in [2.05, 4.69) is 10.0 Å². The largest absolute Gasteiger partial charge is 0.355 e. The van der Waals surface area contributed by atoms with Crippen molar-refractivity contribution in [2.75, 3.05) is 25.9 Å². The van der Waals surface area contributed by atoms with Gasteiger partial charge >= 0.3 is 0 Å². The number of benzene rings is 1. The van der Waals surface area contributed by atoms with Gasteiger partial charge in [-0.2, -0.15) is 0 Å². The van der Waals surface area contributed by atoms with Gasteiger partial charge in [-0.3, -0.25) is 9.59 Å². The lowest BCUT2D eigenvalue weighted by Crippen LogP contribution is -2.37. The number of sulfonamides is 1. The summed E-state index contributed by atoms with van der Waals surface area (Å²) >= 11 is 0. The van der Waals surface area contributed by atoms with Crippen LogP contribution < -0.4 is 10.0 Å². The van der Waals surface area contributed by atoms with Crippen LogP contribution in [0.4, 0.5) is 0 Å². The molecule has 1 aromatic carbocycles. The Kier molecular flexibility index (Phi) is 5.95. The van der Waals surface area contributed by atoms with Crippen molar-refractivity contribution < 1.29 is 18.0 Å². The molecular weight excluding hydrogens is 330 g/mol. The minimum absolute atomic E-state index is 0.0324. The van der Waals surface area contributed by atoms with Crippen LogP contribution in [0.2, 0.25) is 0 Å². The van der Waals surface area contributed by atoms with E-state index >= 15 is 0 Å². The summed E-state index contributed by atoms with van der Waals surface area (Å²) in [7, 11) is -2.02. The van der Waals surface area contributed by atoms with E-state index in [0.29, 0.717) is 13.1 Å². The highest BCUT2D eigenvalue weighted by Crippen LogP contribution is 2.20. The Morgan fingerprint density at radius 3 is 2.58 bits per heavy atom. The number of aryl methyl sites for hydroxylation is 1. The van der Waals surface area contributed by atoms with E-state index in [1.807, 2.05) is 31.2 Å².